The number of amides is 1. The smallest absolute Gasteiger partial charge is 0.260 e. The minimum atomic E-state index is -0.459. The van der Waals surface area contributed by atoms with E-state index in [0.29, 0.717) is 0 Å². The highest BCUT2D eigenvalue weighted by atomic mass is 16.2. The van der Waals surface area contributed by atoms with Gasteiger partial charge in [-0.15, -0.1) is 4.99 Å². The summed E-state index contributed by atoms with van der Waals surface area (Å²) in [6, 6.07) is 7.50. The van der Waals surface area contributed by atoms with Crippen LogP contribution in [0.1, 0.15) is 11.1 Å². The lowest BCUT2D eigenvalue weighted by atomic mass is 10.1. The summed E-state index contributed by atoms with van der Waals surface area (Å²) in [6.07, 6.45) is 1.39. The predicted molar refractivity (Wildman–Crippen MR) is 48.0 cm³/mol. The van der Waals surface area contributed by atoms with E-state index in [1.807, 2.05) is 31.2 Å². The molecule has 0 aliphatic heterocycles. The Bertz CT molecular complexity index is 348. The van der Waals surface area contributed by atoms with Gasteiger partial charge < -0.3 is 0 Å². The number of hydrogen-bond acceptors (Lipinski definition) is 2. The molecule has 0 bridgehead atoms. The van der Waals surface area contributed by atoms with E-state index in [9.17, 15) is 9.59 Å². The summed E-state index contributed by atoms with van der Waals surface area (Å²) in [4.78, 5) is 23.6. The second-order valence-electron chi connectivity index (χ2n) is 2.76. The quantitative estimate of drug-likeness (QED) is 0.503. The molecular weight excluding hydrogens is 166 g/mol. The molecular formula is C10H9NO2. The second-order valence-corrected chi connectivity index (χ2v) is 2.76. The van der Waals surface area contributed by atoms with E-state index < -0.39 is 5.91 Å². The summed E-state index contributed by atoms with van der Waals surface area (Å²) >= 11 is 0. The maximum atomic E-state index is 10.9. The molecule has 0 aliphatic rings. The van der Waals surface area contributed by atoms with E-state index in [-0.39, 0.29) is 6.42 Å². The highest BCUT2D eigenvalue weighted by Crippen LogP contribution is 2.04. The third-order valence-electron chi connectivity index (χ3n) is 1.65. The molecule has 1 rings (SSSR count). The topological polar surface area (TPSA) is 46.5 Å². The van der Waals surface area contributed by atoms with Crippen LogP contribution >= 0.6 is 0 Å². The molecule has 0 heterocycles. The fraction of sp³-hybridized carbons (Fsp3) is 0.200. The van der Waals surface area contributed by atoms with Crippen molar-refractivity contribution >= 4 is 12.0 Å². The highest BCUT2D eigenvalue weighted by molar-refractivity contribution is 5.83. The Labute approximate surface area is 76.1 Å². The van der Waals surface area contributed by atoms with Crippen molar-refractivity contribution in [2.45, 2.75) is 13.3 Å². The Kier molecular flexibility index (Phi) is 3.12. The molecule has 66 valence electrons. The zero-order valence-electron chi connectivity index (χ0n) is 7.28. The average Bonchev–Trinajstić information content (AvgIpc) is 2.09. The van der Waals surface area contributed by atoms with Gasteiger partial charge in [0.1, 0.15) is 0 Å². The molecule has 1 amide bonds. The summed E-state index contributed by atoms with van der Waals surface area (Å²) < 4.78 is 0. The normalized spacial score (nSPS) is 9.00. The van der Waals surface area contributed by atoms with Gasteiger partial charge >= 0.3 is 0 Å². The summed E-state index contributed by atoms with van der Waals surface area (Å²) in [7, 11) is 0. The SMILES string of the molecule is Cc1ccc(CC(=O)N=C=O)cc1. The van der Waals surface area contributed by atoms with E-state index in [1.165, 1.54) is 6.08 Å². The molecule has 13 heavy (non-hydrogen) atoms. The van der Waals surface area contributed by atoms with Crippen molar-refractivity contribution in [1.29, 1.82) is 0 Å². The number of aryl methyl sites for hydroxylation is 1. The number of rotatable bonds is 2. The van der Waals surface area contributed by atoms with Crippen molar-refractivity contribution in [3.63, 3.8) is 0 Å². The minimum Gasteiger partial charge on any atom is -0.271 e. The lowest BCUT2D eigenvalue weighted by molar-refractivity contribution is -0.117. The van der Waals surface area contributed by atoms with Gasteiger partial charge in [0.05, 0.1) is 6.42 Å². The third-order valence-corrected chi connectivity index (χ3v) is 1.65. The Hall–Kier alpha value is -1.73. The van der Waals surface area contributed by atoms with Crippen molar-refractivity contribution in [1.82, 2.24) is 0 Å². The molecule has 0 aliphatic carbocycles. The number of nitrogens with zero attached hydrogens (tertiary/aromatic N) is 1. The third kappa shape index (κ3) is 3.01. The van der Waals surface area contributed by atoms with Gasteiger partial charge in [0.15, 0.2) is 0 Å². The van der Waals surface area contributed by atoms with Crippen molar-refractivity contribution < 1.29 is 9.59 Å². The van der Waals surface area contributed by atoms with Crippen LogP contribution in [0.5, 0.6) is 0 Å². The monoisotopic (exact) mass is 175 g/mol. The fourth-order valence-corrected chi connectivity index (χ4v) is 0.971. The molecule has 0 aromatic heterocycles. The van der Waals surface area contributed by atoms with Crippen molar-refractivity contribution in [2.24, 2.45) is 4.99 Å². The van der Waals surface area contributed by atoms with Crippen LogP contribution in [0.15, 0.2) is 29.3 Å². The Morgan fingerprint density at radius 2 is 2.00 bits per heavy atom. The van der Waals surface area contributed by atoms with Gasteiger partial charge in [0.2, 0.25) is 6.08 Å². The average molecular weight is 175 g/mol. The van der Waals surface area contributed by atoms with Crippen molar-refractivity contribution in [2.75, 3.05) is 0 Å². The van der Waals surface area contributed by atoms with Gasteiger partial charge in [0.25, 0.3) is 5.91 Å². The first-order valence-corrected chi connectivity index (χ1v) is 3.88. The number of hydrogen-bond donors (Lipinski definition) is 0. The van der Waals surface area contributed by atoms with Gasteiger partial charge in [-0.1, -0.05) is 29.8 Å². The lowest BCUT2D eigenvalue weighted by Crippen LogP contribution is -1.97. The van der Waals surface area contributed by atoms with Crippen molar-refractivity contribution in [3.8, 4) is 0 Å². The summed E-state index contributed by atoms with van der Waals surface area (Å²) in [5.74, 6) is -0.459. The van der Waals surface area contributed by atoms with Gasteiger partial charge in [0, 0.05) is 0 Å². The molecule has 1 aromatic carbocycles. The van der Waals surface area contributed by atoms with Gasteiger partial charge in [-0.05, 0) is 12.5 Å². The van der Waals surface area contributed by atoms with Crippen LogP contribution in [-0.4, -0.2) is 12.0 Å². The standard InChI is InChI=1S/C10H9NO2/c1-8-2-4-9(5-3-8)6-10(13)11-7-12/h2-5H,6H2,1H3. The van der Waals surface area contributed by atoms with E-state index in [4.69, 9.17) is 0 Å². The molecule has 3 heteroatoms. The molecule has 0 spiro atoms. The molecule has 1 aromatic rings. The summed E-state index contributed by atoms with van der Waals surface area (Å²) in [5.41, 5.74) is 1.99. The maximum Gasteiger partial charge on any atom is 0.260 e. The van der Waals surface area contributed by atoms with Crippen LogP contribution in [0.4, 0.5) is 0 Å². The van der Waals surface area contributed by atoms with Gasteiger partial charge in [-0.2, -0.15) is 0 Å². The van der Waals surface area contributed by atoms with Crippen LogP contribution in [0.2, 0.25) is 0 Å². The number of carbonyl (C=O) groups excluding carboxylic acids is 2. The first kappa shape index (κ1) is 9.36. The van der Waals surface area contributed by atoms with Gasteiger partial charge in [-0.25, -0.2) is 4.79 Å². The largest absolute Gasteiger partial charge is 0.271 e. The van der Waals surface area contributed by atoms with Crippen LogP contribution in [-0.2, 0) is 16.0 Å². The zero-order valence-corrected chi connectivity index (χ0v) is 7.28. The first-order chi connectivity index (χ1) is 6.22. The Morgan fingerprint density at radius 3 is 2.54 bits per heavy atom. The highest BCUT2D eigenvalue weighted by Gasteiger charge is 2.00. The number of benzene rings is 1. The summed E-state index contributed by atoms with van der Waals surface area (Å²) in [5, 5.41) is 0. The number of aliphatic imine (C=N–C) groups is 1. The van der Waals surface area contributed by atoms with E-state index >= 15 is 0 Å². The second kappa shape index (κ2) is 4.33. The van der Waals surface area contributed by atoms with E-state index in [2.05, 4.69) is 4.99 Å². The van der Waals surface area contributed by atoms with E-state index in [1.54, 1.807) is 0 Å². The Morgan fingerprint density at radius 1 is 1.38 bits per heavy atom. The van der Waals surface area contributed by atoms with Crippen LogP contribution in [0, 0.1) is 6.92 Å². The minimum absolute atomic E-state index is 0.162. The van der Waals surface area contributed by atoms with Crippen LogP contribution in [0.25, 0.3) is 0 Å². The van der Waals surface area contributed by atoms with E-state index in [0.717, 1.165) is 11.1 Å². The molecule has 3 nitrogen and oxygen atoms in total. The number of isocyanates is 1. The fourth-order valence-electron chi connectivity index (χ4n) is 0.971. The van der Waals surface area contributed by atoms with Crippen LogP contribution in [0.3, 0.4) is 0 Å². The molecule has 0 N–H and O–H groups in total. The molecule has 0 saturated carbocycles. The van der Waals surface area contributed by atoms with Crippen LogP contribution < -0.4 is 0 Å². The van der Waals surface area contributed by atoms with Gasteiger partial charge in [-0.3, -0.25) is 4.79 Å². The first-order valence-electron chi connectivity index (χ1n) is 3.88. The molecule has 0 fully saturated rings. The van der Waals surface area contributed by atoms with Crippen molar-refractivity contribution in [3.05, 3.63) is 35.4 Å². The predicted octanol–water partition coefficient (Wildman–Crippen LogP) is 1.40. The molecule has 0 radical (unpaired) electrons. The lowest BCUT2D eigenvalue weighted by Gasteiger charge is -1.96. The molecule has 0 atom stereocenters. The molecule has 0 saturated heterocycles. The number of carbonyl (C=O) groups is 1. The summed E-state index contributed by atoms with van der Waals surface area (Å²) in [6.45, 7) is 1.97. The Balaban J connectivity index is 2.69. The maximum absolute atomic E-state index is 10.9. The molecule has 0 unspecified atom stereocenters. The zero-order chi connectivity index (χ0) is 9.68.